The molecule has 1 saturated heterocycles. The Bertz CT molecular complexity index is 521. The first-order valence-corrected chi connectivity index (χ1v) is 7.53. The second kappa shape index (κ2) is 8.00. The summed E-state index contributed by atoms with van der Waals surface area (Å²) in [6, 6.07) is 7.05. The number of carbonyl (C=O) groups excluding carboxylic acids is 2. The summed E-state index contributed by atoms with van der Waals surface area (Å²) in [6.45, 7) is 3.24. The zero-order valence-corrected chi connectivity index (χ0v) is 13.1. The first kappa shape index (κ1) is 16.6. The number of benzene rings is 1. The van der Waals surface area contributed by atoms with E-state index in [9.17, 15) is 9.59 Å². The predicted octanol–water partition coefficient (Wildman–Crippen LogP) is 1.99. The molecular formula is C15H19ClN2O4. The molecule has 2 rings (SSSR count). The molecule has 0 saturated carbocycles. The lowest BCUT2D eigenvalue weighted by molar-refractivity contribution is -0.141. The number of esters is 1. The van der Waals surface area contributed by atoms with E-state index in [4.69, 9.17) is 21.1 Å². The van der Waals surface area contributed by atoms with Gasteiger partial charge in [-0.15, -0.1) is 0 Å². The van der Waals surface area contributed by atoms with Crippen LogP contribution in [0.4, 0.5) is 4.79 Å². The molecule has 1 aliphatic heterocycles. The molecule has 2 amide bonds. The fourth-order valence-corrected chi connectivity index (χ4v) is 2.31. The molecule has 7 heteroatoms. The van der Waals surface area contributed by atoms with Gasteiger partial charge < -0.3 is 19.7 Å². The molecule has 6 nitrogen and oxygen atoms in total. The van der Waals surface area contributed by atoms with E-state index in [1.54, 1.807) is 24.0 Å². The van der Waals surface area contributed by atoms with Gasteiger partial charge >= 0.3 is 12.0 Å². The Hall–Kier alpha value is -1.79. The SMILES string of the molecule is CCOC(=O)CNC(=O)N1CCOC(c2ccc(Cl)cc2)C1. The van der Waals surface area contributed by atoms with E-state index in [1.165, 1.54) is 0 Å². The molecule has 1 N–H and O–H groups in total. The average molecular weight is 327 g/mol. The van der Waals surface area contributed by atoms with Gasteiger partial charge in [-0.05, 0) is 24.6 Å². The number of rotatable bonds is 4. The van der Waals surface area contributed by atoms with Crippen molar-refractivity contribution >= 4 is 23.6 Å². The molecule has 0 aromatic heterocycles. The second-order valence-corrected chi connectivity index (χ2v) is 5.26. The largest absolute Gasteiger partial charge is 0.465 e. The van der Waals surface area contributed by atoms with E-state index < -0.39 is 5.97 Å². The number of hydrogen-bond acceptors (Lipinski definition) is 4. The maximum Gasteiger partial charge on any atom is 0.325 e. The minimum atomic E-state index is -0.446. The predicted molar refractivity (Wildman–Crippen MR) is 81.7 cm³/mol. The van der Waals surface area contributed by atoms with Crippen molar-refractivity contribution < 1.29 is 19.1 Å². The molecule has 22 heavy (non-hydrogen) atoms. The highest BCUT2D eigenvalue weighted by atomic mass is 35.5. The van der Waals surface area contributed by atoms with Crippen molar-refractivity contribution in [3.63, 3.8) is 0 Å². The highest BCUT2D eigenvalue weighted by Gasteiger charge is 2.25. The van der Waals surface area contributed by atoms with Crippen molar-refractivity contribution in [3.05, 3.63) is 34.9 Å². The smallest absolute Gasteiger partial charge is 0.325 e. The molecule has 1 heterocycles. The molecule has 0 spiro atoms. The molecule has 120 valence electrons. The number of urea groups is 1. The van der Waals surface area contributed by atoms with Crippen molar-refractivity contribution in [1.82, 2.24) is 10.2 Å². The summed E-state index contributed by atoms with van der Waals surface area (Å²) in [4.78, 5) is 25.0. The quantitative estimate of drug-likeness (QED) is 0.859. The number of halogens is 1. The van der Waals surface area contributed by atoms with Gasteiger partial charge in [0.1, 0.15) is 12.6 Å². The van der Waals surface area contributed by atoms with E-state index in [1.807, 2.05) is 12.1 Å². The Kier molecular flexibility index (Phi) is 6.03. The van der Waals surface area contributed by atoms with Gasteiger partial charge in [0.05, 0.1) is 19.8 Å². The fraction of sp³-hybridized carbons (Fsp3) is 0.467. The van der Waals surface area contributed by atoms with Crippen LogP contribution in [-0.4, -0.2) is 49.7 Å². The molecule has 0 aliphatic carbocycles. The minimum absolute atomic E-state index is 0.129. The van der Waals surface area contributed by atoms with Crippen LogP contribution in [0.3, 0.4) is 0 Å². The molecule has 1 aliphatic rings. The highest BCUT2D eigenvalue weighted by molar-refractivity contribution is 6.30. The molecule has 1 unspecified atom stereocenters. The molecular weight excluding hydrogens is 308 g/mol. The maximum atomic E-state index is 12.1. The fourth-order valence-electron chi connectivity index (χ4n) is 2.18. The van der Waals surface area contributed by atoms with Crippen LogP contribution in [0, 0.1) is 0 Å². The van der Waals surface area contributed by atoms with Crippen LogP contribution >= 0.6 is 11.6 Å². The summed E-state index contributed by atoms with van der Waals surface area (Å²) in [5.41, 5.74) is 0.965. The topological polar surface area (TPSA) is 67.9 Å². The number of morpholine rings is 1. The monoisotopic (exact) mass is 326 g/mol. The molecule has 0 radical (unpaired) electrons. The van der Waals surface area contributed by atoms with Gasteiger partial charge in [0.15, 0.2) is 0 Å². The third-order valence-electron chi connectivity index (χ3n) is 3.28. The van der Waals surface area contributed by atoms with Crippen LogP contribution in [0.25, 0.3) is 0 Å². The first-order chi connectivity index (χ1) is 10.6. The lowest BCUT2D eigenvalue weighted by Crippen LogP contribution is -2.48. The molecule has 1 fully saturated rings. The lowest BCUT2D eigenvalue weighted by Gasteiger charge is -2.33. The number of nitrogens with one attached hydrogen (secondary N) is 1. The van der Waals surface area contributed by atoms with Gasteiger partial charge in [-0.3, -0.25) is 4.79 Å². The van der Waals surface area contributed by atoms with E-state index in [0.29, 0.717) is 31.3 Å². The highest BCUT2D eigenvalue weighted by Crippen LogP contribution is 2.23. The number of ether oxygens (including phenoxy) is 2. The Morgan fingerprint density at radius 1 is 1.41 bits per heavy atom. The van der Waals surface area contributed by atoms with E-state index in [-0.39, 0.29) is 18.7 Å². The van der Waals surface area contributed by atoms with E-state index in [2.05, 4.69) is 5.32 Å². The maximum absolute atomic E-state index is 12.1. The molecule has 0 bridgehead atoms. The summed E-state index contributed by atoms with van der Waals surface area (Å²) in [6.07, 6.45) is -0.195. The molecule has 1 aromatic rings. The van der Waals surface area contributed by atoms with Gasteiger partial charge in [0.2, 0.25) is 0 Å². The Morgan fingerprint density at radius 2 is 2.14 bits per heavy atom. The van der Waals surface area contributed by atoms with Gasteiger partial charge in [0, 0.05) is 11.6 Å². The minimum Gasteiger partial charge on any atom is -0.465 e. The zero-order chi connectivity index (χ0) is 15.9. The number of carbonyl (C=O) groups is 2. The second-order valence-electron chi connectivity index (χ2n) is 4.82. The number of nitrogens with zero attached hydrogens (tertiary/aromatic N) is 1. The standard InChI is InChI=1S/C15H19ClN2O4/c1-2-21-14(19)9-17-15(20)18-7-8-22-13(10-18)11-3-5-12(16)6-4-11/h3-6,13H,2,7-10H2,1H3,(H,17,20). The van der Waals surface area contributed by atoms with Gasteiger partial charge in [-0.1, -0.05) is 23.7 Å². The number of amides is 2. The van der Waals surface area contributed by atoms with Crippen LogP contribution in [0.2, 0.25) is 5.02 Å². The lowest BCUT2D eigenvalue weighted by atomic mass is 10.1. The van der Waals surface area contributed by atoms with Crippen LogP contribution in [0.1, 0.15) is 18.6 Å². The Morgan fingerprint density at radius 3 is 2.82 bits per heavy atom. The average Bonchev–Trinajstić information content (AvgIpc) is 2.54. The van der Waals surface area contributed by atoms with Gasteiger partial charge in [0.25, 0.3) is 0 Å². The van der Waals surface area contributed by atoms with E-state index in [0.717, 1.165) is 5.56 Å². The first-order valence-electron chi connectivity index (χ1n) is 7.15. The zero-order valence-electron chi connectivity index (χ0n) is 12.4. The molecule has 1 atom stereocenters. The Labute approximate surface area is 134 Å². The summed E-state index contributed by atoms with van der Waals surface area (Å²) in [5, 5.41) is 3.21. The van der Waals surface area contributed by atoms with Crippen LogP contribution in [0.15, 0.2) is 24.3 Å². The van der Waals surface area contributed by atoms with Crippen molar-refractivity contribution in [1.29, 1.82) is 0 Å². The summed E-state index contributed by atoms with van der Waals surface area (Å²) in [7, 11) is 0. The summed E-state index contributed by atoms with van der Waals surface area (Å²) < 4.78 is 10.5. The van der Waals surface area contributed by atoms with Gasteiger partial charge in [-0.25, -0.2) is 4.79 Å². The third-order valence-corrected chi connectivity index (χ3v) is 3.54. The normalized spacial score (nSPS) is 17.9. The van der Waals surface area contributed by atoms with Crippen molar-refractivity contribution in [2.45, 2.75) is 13.0 Å². The van der Waals surface area contributed by atoms with Crippen molar-refractivity contribution in [2.75, 3.05) is 32.8 Å². The molecule has 1 aromatic carbocycles. The van der Waals surface area contributed by atoms with Crippen molar-refractivity contribution in [3.8, 4) is 0 Å². The third kappa shape index (κ3) is 4.61. The van der Waals surface area contributed by atoms with Gasteiger partial charge in [-0.2, -0.15) is 0 Å². The summed E-state index contributed by atoms with van der Waals surface area (Å²) >= 11 is 5.87. The van der Waals surface area contributed by atoms with Crippen molar-refractivity contribution in [2.24, 2.45) is 0 Å². The van der Waals surface area contributed by atoms with Crippen LogP contribution < -0.4 is 5.32 Å². The summed E-state index contributed by atoms with van der Waals surface area (Å²) in [5.74, 6) is -0.446. The van der Waals surface area contributed by atoms with Crippen LogP contribution in [-0.2, 0) is 14.3 Å². The Balaban J connectivity index is 1.88. The van der Waals surface area contributed by atoms with Crippen LogP contribution in [0.5, 0.6) is 0 Å². The van der Waals surface area contributed by atoms with E-state index >= 15 is 0 Å². The number of hydrogen-bond donors (Lipinski definition) is 1.